The molecule has 1 aliphatic rings. The van der Waals surface area contributed by atoms with Gasteiger partial charge in [-0.25, -0.2) is 4.79 Å². The Hall–Kier alpha value is -2.50. The fourth-order valence-corrected chi connectivity index (χ4v) is 2.85. The lowest BCUT2D eigenvalue weighted by molar-refractivity contribution is -0.143. The van der Waals surface area contributed by atoms with Crippen molar-refractivity contribution in [3.05, 3.63) is 47.2 Å². The first-order valence-corrected chi connectivity index (χ1v) is 6.89. The van der Waals surface area contributed by atoms with Crippen LogP contribution in [-0.4, -0.2) is 33.4 Å². The summed E-state index contributed by atoms with van der Waals surface area (Å²) in [6.45, 7) is 2.28. The van der Waals surface area contributed by atoms with E-state index in [1.807, 2.05) is 6.92 Å². The molecule has 2 aromatic rings. The zero-order valence-corrected chi connectivity index (χ0v) is 11.6. The third-order valence-electron chi connectivity index (χ3n) is 3.88. The number of hydrogen-bond acceptors (Lipinski definition) is 3. The number of carboxylic acid groups (broad SMARTS) is 1. The van der Waals surface area contributed by atoms with Crippen molar-refractivity contribution in [3.63, 3.8) is 0 Å². The molecule has 3 rings (SSSR count). The SMILES string of the molecule is CCc1[nH]ccc1C(=O)N1CCc2occc2C1C(=O)O. The number of carbonyl (C=O) groups is 2. The van der Waals surface area contributed by atoms with Gasteiger partial charge >= 0.3 is 5.97 Å². The second-order valence-electron chi connectivity index (χ2n) is 5.01. The Morgan fingerprint density at radius 1 is 1.48 bits per heavy atom. The van der Waals surface area contributed by atoms with Crippen LogP contribution in [-0.2, 0) is 17.6 Å². The van der Waals surface area contributed by atoms with Gasteiger partial charge in [-0.15, -0.1) is 0 Å². The Kier molecular flexibility index (Phi) is 3.29. The van der Waals surface area contributed by atoms with Crippen LogP contribution in [0.15, 0.2) is 29.0 Å². The molecule has 1 amide bonds. The first kappa shape index (κ1) is 13.5. The van der Waals surface area contributed by atoms with Gasteiger partial charge in [-0.3, -0.25) is 4.79 Å². The predicted octanol–water partition coefficient (Wildman–Crippen LogP) is 1.99. The number of hydrogen-bond donors (Lipinski definition) is 2. The summed E-state index contributed by atoms with van der Waals surface area (Å²) in [5.74, 6) is -0.650. The largest absolute Gasteiger partial charge is 0.479 e. The molecule has 0 radical (unpaired) electrons. The number of aryl methyl sites for hydroxylation is 1. The quantitative estimate of drug-likeness (QED) is 0.904. The van der Waals surface area contributed by atoms with E-state index >= 15 is 0 Å². The van der Waals surface area contributed by atoms with Gasteiger partial charge in [0.2, 0.25) is 0 Å². The number of nitrogens with one attached hydrogen (secondary N) is 1. The second-order valence-corrected chi connectivity index (χ2v) is 5.01. The monoisotopic (exact) mass is 288 g/mol. The average molecular weight is 288 g/mol. The summed E-state index contributed by atoms with van der Waals surface area (Å²) in [5.41, 5.74) is 1.92. The molecule has 110 valence electrons. The van der Waals surface area contributed by atoms with Gasteiger partial charge in [-0.2, -0.15) is 0 Å². The standard InChI is InChI=1S/C15H16N2O4/c1-2-11-9(3-6-16-11)14(18)17-7-4-12-10(5-8-21-12)13(17)15(19)20/h3,5-6,8,13,16H,2,4,7H2,1H3,(H,19,20). The van der Waals surface area contributed by atoms with Crippen LogP contribution in [0.25, 0.3) is 0 Å². The normalized spacial score (nSPS) is 17.6. The fraction of sp³-hybridized carbons (Fsp3) is 0.333. The lowest BCUT2D eigenvalue weighted by Crippen LogP contribution is -2.43. The second kappa shape index (κ2) is 5.12. The minimum absolute atomic E-state index is 0.257. The number of aromatic amines is 1. The molecule has 3 heterocycles. The maximum atomic E-state index is 12.7. The van der Waals surface area contributed by atoms with E-state index in [-0.39, 0.29) is 5.91 Å². The van der Waals surface area contributed by atoms with E-state index in [0.717, 1.165) is 5.69 Å². The molecular formula is C15H16N2O4. The van der Waals surface area contributed by atoms with Crippen LogP contribution in [0.4, 0.5) is 0 Å². The lowest BCUT2D eigenvalue weighted by atomic mass is 9.98. The van der Waals surface area contributed by atoms with Gasteiger partial charge in [-0.1, -0.05) is 6.92 Å². The molecular weight excluding hydrogens is 272 g/mol. The number of fused-ring (bicyclic) bond motifs is 1. The van der Waals surface area contributed by atoms with E-state index < -0.39 is 12.0 Å². The zero-order chi connectivity index (χ0) is 15.0. The van der Waals surface area contributed by atoms with Gasteiger partial charge < -0.3 is 19.4 Å². The first-order valence-electron chi connectivity index (χ1n) is 6.89. The Morgan fingerprint density at radius 3 is 3.00 bits per heavy atom. The summed E-state index contributed by atoms with van der Waals surface area (Å²) in [6.07, 6.45) is 4.40. The van der Waals surface area contributed by atoms with Crippen LogP contribution in [0.3, 0.4) is 0 Å². The third kappa shape index (κ3) is 2.12. The Morgan fingerprint density at radius 2 is 2.29 bits per heavy atom. The highest BCUT2D eigenvalue weighted by Crippen LogP contribution is 2.32. The molecule has 1 aliphatic heterocycles. The molecule has 6 nitrogen and oxygen atoms in total. The van der Waals surface area contributed by atoms with E-state index in [4.69, 9.17) is 4.42 Å². The molecule has 21 heavy (non-hydrogen) atoms. The van der Waals surface area contributed by atoms with E-state index in [9.17, 15) is 14.7 Å². The van der Waals surface area contributed by atoms with E-state index in [2.05, 4.69) is 4.98 Å². The van der Waals surface area contributed by atoms with Crippen molar-refractivity contribution < 1.29 is 19.1 Å². The number of amides is 1. The van der Waals surface area contributed by atoms with Gasteiger partial charge in [0.1, 0.15) is 5.76 Å². The molecule has 0 saturated heterocycles. The third-order valence-corrected chi connectivity index (χ3v) is 3.88. The number of aromatic nitrogens is 1. The number of aliphatic carboxylic acids is 1. The Balaban J connectivity index is 1.98. The number of carbonyl (C=O) groups excluding carboxylic acids is 1. The highest BCUT2D eigenvalue weighted by molar-refractivity contribution is 5.98. The van der Waals surface area contributed by atoms with Crippen molar-refractivity contribution in [2.24, 2.45) is 0 Å². The topological polar surface area (TPSA) is 86.5 Å². The van der Waals surface area contributed by atoms with Crippen LogP contribution in [0.1, 0.15) is 40.3 Å². The molecule has 6 heteroatoms. The number of carboxylic acids is 1. The molecule has 0 fully saturated rings. The van der Waals surface area contributed by atoms with Crippen molar-refractivity contribution in [2.75, 3.05) is 6.54 Å². The predicted molar refractivity (Wildman–Crippen MR) is 74.0 cm³/mol. The van der Waals surface area contributed by atoms with Gasteiger partial charge in [0.25, 0.3) is 5.91 Å². The zero-order valence-electron chi connectivity index (χ0n) is 11.6. The van der Waals surface area contributed by atoms with Crippen molar-refractivity contribution in [1.82, 2.24) is 9.88 Å². The Bertz CT molecular complexity index is 685. The molecule has 0 aliphatic carbocycles. The molecule has 0 aromatic carbocycles. The highest BCUT2D eigenvalue weighted by atomic mass is 16.4. The maximum absolute atomic E-state index is 12.7. The van der Waals surface area contributed by atoms with Gasteiger partial charge in [0, 0.05) is 30.4 Å². The van der Waals surface area contributed by atoms with Crippen LogP contribution >= 0.6 is 0 Å². The van der Waals surface area contributed by atoms with Crippen molar-refractivity contribution in [3.8, 4) is 0 Å². The fourth-order valence-electron chi connectivity index (χ4n) is 2.85. The summed E-state index contributed by atoms with van der Waals surface area (Å²) >= 11 is 0. The average Bonchev–Trinajstić information content (AvgIpc) is 3.13. The van der Waals surface area contributed by atoms with Crippen LogP contribution in [0.2, 0.25) is 0 Å². The minimum Gasteiger partial charge on any atom is -0.479 e. The summed E-state index contributed by atoms with van der Waals surface area (Å²) in [6, 6.07) is 2.34. The van der Waals surface area contributed by atoms with Crippen molar-refractivity contribution >= 4 is 11.9 Å². The molecule has 2 aromatic heterocycles. The van der Waals surface area contributed by atoms with E-state index in [1.165, 1.54) is 11.2 Å². The van der Waals surface area contributed by atoms with E-state index in [1.54, 1.807) is 18.3 Å². The lowest BCUT2D eigenvalue weighted by Gasteiger charge is -2.32. The number of H-pyrrole nitrogens is 1. The maximum Gasteiger partial charge on any atom is 0.331 e. The van der Waals surface area contributed by atoms with Crippen LogP contribution in [0.5, 0.6) is 0 Å². The first-order chi connectivity index (χ1) is 10.1. The van der Waals surface area contributed by atoms with Gasteiger partial charge in [0.05, 0.1) is 11.8 Å². The highest BCUT2D eigenvalue weighted by Gasteiger charge is 2.38. The summed E-state index contributed by atoms with van der Waals surface area (Å²) in [7, 11) is 0. The molecule has 1 unspecified atom stereocenters. The smallest absolute Gasteiger partial charge is 0.331 e. The number of furan rings is 1. The molecule has 0 bridgehead atoms. The number of rotatable bonds is 3. The summed E-state index contributed by atoms with van der Waals surface area (Å²) < 4.78 is 5.29. The minimum atomic E-state index is -1.04. The molecule has 1 atom stereocenters. The summed E-state index contributed by atoms with van der Waals surface area (Å²) in [5, 5.41) is 9.50. The van der Waals surface area contributed by atoms with Gasteiger partial charge in [-0.05, 0) is 18.6 Å². The van der Waals surface area contributed by atoms with E-state index in [0.29, 0.717) is 36.3 Å². The van der Waals surface area contributed by atoms with Crippen LogP contribution < -0.4 is 0 Å². The van der Waals surface area contributed by atoms with Crippen LogP contribution in [0, 0.1) is 0 Å². The van der Waals surface area contributed by atoms with Crippen molar-refractivity contribution in [1.29, 1.82) is 0 Å². The summed E-state index contributed by atoms with van der Waals surface area (Å²) in [4.78, 5) is 28.7. The molecule has 2 N–H and O–H groups in total. The molecule has 0 saturated carbocycles. The van der Waals surface area contributed by atoms with Crippen molar-refractivity contribution in [2.45, 2.75) is 25.8 Å². The number of nitrogens with zero attached hydrogens (tertiary/aromatic N) is 1. The Labute approximate surface area is 121 Å². The van der Waals surface area contributed by atoms with Gasteiger partial charge in [0.15, 0.2) is 6.04 Å². The molecule has 0 spiro atoms.